The largest absolute Gasteiger partial charge is 0.494 e. The summed E-state index contributed by atoms with van der Waals surface area (Å²) in [7, 11) is 1.19. The van der Waals surface area contributed by atoms with Crippen LogP contribution in [-0.2, 0) is 16.4 Å². The molecule has 1 aliphatic heterocycles. The van der Waals surface area contributed by atoms with Gasteiger partial charge in [0.25, 0.3) is 5.56 Å². The molecule has 0 bridgehead atoms. The molecule has 0 unspecified atom stereocenters. The van der Waals surface area contributed by atoms with E-state index in [-0.39, 0.29) is 16.8 Å². The molecule has 0 aliphatic carbocycles. The zero-order chi connectivity index (χ0) is 16.1. The summed E-state index contributed by atoms with van der Waals surface area (Å²) in [6, 6.07) is 7.60. The summed E-state index contributed by atoms with van der Waals surface area (Å²) >= 11 is 0. The molecule has 116 valence electrons. The first-order valence-corrected chi connectivity index (χ1v) is 7.32. The molecule has 1 fully saturated rings. The van der Waals surface area contributed by atoms with Crippen LogP contribution in [0.3, 0.4) is 0 Å². The third-order valence-corrected chi connectivity index (χ3v) is 4.59. The lowest BCUT2D eigenvalue weighted by molar-refractivity contribution is 0.00578. The van der Waals surface area contributed by atoms with E-state index in [2.05, 4.69) is 0 Å². The van der Waals surface area contributed by atoms with Crippen molar-refractivity contribution in [1.29, 1.82) is 0 Å². The Bertz CT molecular complexity index is 726. The second-order valence-electron chi connectivity index (χ2n) is 6.65. The van der Waals surface area contributed by atoms with Crippen LogP contribution in [0, 0.1) is 0 Å². The Morgan fingerprint density at radius 3 is 2.00 bits per heavy atom. The molecule has 0 spiro atoms. The van der Waals surface area contributed by atoms with E-state index in [0.717, 1.165) is 11.0 Å². The van der Waals surface area contributed by atoms with Gasteiger partial charge in [-0.25, -0.2) is 0 Å². The average molecular weight is 301 g/mol. The van der Waals surface area contributed by atoms with Crippen molar-refractivity contribution in [3.05, 3.63) is 40.9 Å². The van der Waals surface area contributed by atoms with Crippen molar-refractivity contribution in [2.24, 2.45) is 7.05 Å². The molecular weight excluding hydrogens is 281 g/mol. The van der Waals surface area contributed by atoms with Gasteiger partial charge in [-0.05, 0) is 38.7 Å². The molecular formula is C16H20BNO4. The number of aryl methyl sites for hydroxylation is 1. The van der Waals surface area contributed by atoms with E-state index in [1.54, 1.807) is 7.05 Å². The molecule has 3 rings (SSSR count). The summed E-state index contributed by atoms with van der Waals surface area (Å²) in [4.78, 5) is 11.9. The minimum atomic E-state index is -0.397. The normalized spacial score (nSPS) is 19.6. The fourth-order valence-electron chi connectivity index (χ4n) is 2.39. The monoisotopic (exact) mass is 301 g/mol. The smallest absolute Gasteiger partial charge is 0.399 e. The van der Waals surface area contributed by atoms with Crippen molar-refractivity contribution in [2.75, 3.05) is 0 Å². The van der Waals surface area contributed by atoms with Crippen molar-refractivity contribution in [3.63, 3.8) is 0 Å². The molecule has 0 N–H and O–H groups in total. The Balaban J connectivity index is 1.87. The van der Waals surface area contributed by atoms with Crippen LogP contribution >= 0.6 is 0 Å². The van der Waals surface area contributed by atoms with Crippen LogP contribution in [0.25, 0.3) is 11.1 Å². The van der Waals surface area contributed by atoms with Crippen LogP contribution < -0.4 is 11.0 Å². The average Bonchev–Trinajstić information content (AvgIpc) is 2.88. The fraction of sp³-hybridized carbons (Fsp3) is 0.438. The summed E-state index contributed by atoms with van der Waals surface area (Å²) in [5.41, 5.74) is 1.41. The zero-order valence-corrected chi connectivity index (χ0v) is 13.5. The minimum Gasteiger partial charge on any atom is -0.399 e. The summed E-state index contributed by atoms with van der Waals surface area (Å²) in [5.74, 6) is 0. The molecule has 0 saturated carbocycles. The van der Waals surface area contributed by atoms with Gasteiger partial charge >= 0.3 is 7.12 Å². The molecule has 22 heavy (non-hydrogen) atoms. The van der Waals surface area contributed by atoms with Gasteiger partial charge in [0.05, 0.1) is 16.8 Å². The Morgan fingerprint density at radius 1 is 1.00 bits per heavy atom. The van der Waals surface area contributed by atoms with Crippen molar-refractivity contribution in [3.8, 4) is 11.1 Å². The molecule has 0 radical (unpaired) electrons. The van der Waals surface area contributed by atoms with Crippen LogP contribution in [0.15, 0.2) is 39.8 Å². The molecule has 0 amide bonds. The standard InChI is InChI=1S/C16H20BNO4/c1-15(2)16(3,4)22-17(21-15)12-8-6-11(7-9-12)13-10-20-18(5)14(13)19/h6-10H,1-5H3. The summed E-state index contributed by atoms with van der Waals surface area (Å²) in [6.07, 6.45) is 1.46. The van der Waals surface area contributed by atoms with Gasteiger partial charge in [-0.2, -0.15) is 4.74 Å². The minimum absolute atomic E-state index is 0.150. The first kappa shape index (κ1) is 15.1. The van der Waals surface area contributed by atoms with Crippen molar-refractivity contribution in [2.45, 2.75) is 38.9 Å². The second kappa shape index (κ2) is 4.86. The first-order chi connectivity index (χ1) is 10.2. The van der Waals surface area contributed by atoms with E-state index in [4.69, 9.17) is 13.8 Å². The van der Waals surface area contributed by atoms with E-state index >= 15 is 0 Å². The van der Waals surface area contributed by atoms with Gasteiger partial charge in [0.1, 0.15) is 6.26 Å². The third kappa shape index (κ3) is 2.32. The third-order valence-electron chi connectivity index (χ3n) is 4.59. The van der Waals surface area contributed by atoms with E-state index in [9.17, 15) is 4.79 Å². The topological polar surface area (TPSA) is 53.6 Å². The molecule has 2 aromatic rings. The van der Waals surface area contributed by atoms with Crippen molar-refractivity contribution < 1.29 is 13.8 Å². The zero-order valence-electron chi connectivity index (χ0n) is 13.5. The molecule has 0 atom stereocenters. The maximum absolute atomic E-state index is 11.9. The SMILES string of the molecule is Cn1occ(-c2ccc(B3OC(C)(C)C(C)(C)O3)cc2)c1=O. The maximum atomic E-state index is 11.9. The highest BCUT2D eigenvalue weighted by Gasteiger charge is 2.51. The molecule has 1 aliphatic rings. The highest BCUT2D eigenvalue weighted by Crippen LogP contribution is 2.36. The highest BCUT2D eigenvalue weighted by atomic mass is 16.7. The lowest BCUT2D eigenvalue weighted by Gasteiger charge is -2.32. The number of hydrogen-bond donors (Lipinski definition) is 0. The lowest BCUT2D eigenvalue weighted by Crippen LogP contribution is -2.41. The maximum Gasteiger partial charge on any atom is 0.494 e. The van der Waals surface area contributed by atoms with E-state index in [1.165, 1.54) is 11.0 Å². The number of rotatable bonds is 2. The van der Waals surface area contributed by atoms with Crippen LogP contribution in [0.2, 0.25) is 0 Å². The van der Waals surface area contributed by atoms with Gasteiger partial charge in [0.2, 0.25) is 0 Å². The summed E-state index contributed by atoms with van der Waals surface area (Å²) in [6.45, 7) is 8.10. The van der Waals surface area contributed by atoms with E-state index in [0.29, 0.717) is 5.56 Å². The highest BCUT2D eigenvalue weighted by molar-refractivity contribution is 6.62. The summed E-state index contributed by atoms with van der Waals surface area (Å²) < 4.78 is 18.3. The van der Waals surface area contributed by atoms with Crippen LogP contribution in [-0.4, -0.2) is 23.1 Å². The quantitative estimate of drug-likeness (QED) is 0.796. The fourth-order valence-corrected chi connectivity index (χ4v) is 2.39. The van der Waals surface area contributed by atoms with Crippen molar-refractivity contribution >= 4 is 12.6 Å². The van der Waals surface area contributed by atoms with Crippen LogP contribution in [0.4, 0.5) is 0 Å². The van der Waals surface area contributed by atoms with Gasteiger partial charge in [0.15, 0.2) is 0 Å². The molecule has 1 aromatic heterocycles. The van der Waals surface area contributed by atoms with Gasteiger partial charge < -0.3 is 13.8 Å². The molecule has 1 aromatic carbocycles. The predicted molar refractivity (Wildman–Crippen MR) is 85.1 cm³/mol. The van der Waals surface area contributed by atoms with Crippen molar-refractivity contribution in [1.82, 2.24) is 4.74 Å². The number of hydrogen-bond acceptors (Lipinski definition) is 4. The van der Waals surface area contributed by atoms with E-state index in [1.807, 2.05) is 52.0 Å². The van der Waals surface area contributed by atoms with Gasteiger partial charge in [-0.3, -0.25) is 4.79 Å². The van der Waals surface area contributed by atoms with Crippen LogP contribution in [0.5, 0.6) is 0 Å². The number of nitrogens with zero attached hydrogens (tertiary/aromatic N) is 1. The predicted octanol–water partition coefficient (Wildman–Crippen LogP) is 1.94. The lowest BCUT2D eigenvalue weighted by atomic mass is 9.78. The van der Waals surface area contributed by atoms with Gasteiger partial charge in [-0.1, -0.05) is 24.3 Å². The number of aromatic nitrogens is 1. The van der Waals surface area contributed by atoms with Crippen LogP contribution in [0.1, 0.15) is 27.7 Å². The van der Waals surface area contributed by atoms with E-state index < -0.39 is 7.12 Å². The second-order valence-corrected chi connectivity index (χ2v) is 6.65. The molecule has 1 saturated heterocycles. The van der Waals surface area contributed by atoms with Gasteiger partial charge in [0, 0.05) is 7.05 Å². The number of benzene rings is 1. The molecule has 2 heterocycles. The Hall–Kier alpha value is -1.79. The molecule has 5 nitrogen and oxygen atoms in total. The Morgan fingerprint density at radius 2 is 1.55 bits per heavy atom. The first-order valence-electron chi connectivity index (χ1n) is 7.32. The Kier molecular flexibility index (Phi) is 3.34. The Labute approximate surface area is 129 Å². The summed E-state index contributed by atoms with van der Waals surface area (Å²) in [5, 5.41) is 0. The van der Waals surface area contributed by atoms with Gasteiger partial charge in [-0.15, -0.1) is 0 Å². The molecule has 6 heteroatoms.